The van der Waals surface area contributed by atoms with Crippen molar-refractivity contribution in [2.24, 2.45) is 5.73 Å². The number of nitrogens with zero attached hydrogens (tertiary/aromatic N) is 3. The van der Waals surface area contributed by atoms with Crippen LogP contribution in [0.2, 0.25) is 0 Å². The Hall–Kier alpha value is -1.42. The molecule has 0 aromatic carbocycles. The van der Waals surface area contributed by atoms with Crippen LogP contribution in [-0.2, 0) is 14.8 Å². The van der Waals surface area contributed by atoms with Gasteiger partial charge in [-0.2, -0.15) is 4.31 Å². The van der Waals surface area contributed by atoms with E-state index in [9.17, 15) is 8.42 Å². The highest BCUT2D eigenvalue weighted by atomic mass is 32.2. The molecule has 1 spiro atoms. The second-order valence-electron chi connectivity index (χ2n) is 7.13. The summed E-state index contributed by atoms with van der Waals surface area (Å²) in [7, 11) is -1.67. The number of hydrogen-bond acceptors (Lipinski definition) is 7. The molecule has 2 fully saturated rings. The first-order valence-electron chi connectivity index (χ1n) is 8.63. The number of ether oxygens (including phenoxy) is 2. The Kier molecular flexibility index (Phi) is 4.14. The van der Waals surface area contributed by atoms with Crippen molar-refractivity contribution in [2.45, 2.75) is 35.8 Å². The van der Waals surface area contributed by atoms with Gasteiger partial charge < -0.3 is 20.1 Å². The number of pyridine rings is 1. The summed E-state index contributed by atoms with van der Waals surface area (Å²) in [6.07, 6.45) is 3.56. The van der Waals surface area contributed by atoms with Gasteiger partial charge in [0.05, 0.1) is 24.9 Å². The lowest BCUT2D eigenvalue weighted by atomic mass is 9.88. The van der Waals surface area contributed by atoms with Gasteiger partial charge in [0.15, 0.2) is 0 Å². The zero-order chi connectivity index (χ0) is 17.7. The van der Waals surface area contributed by atoms with E-state index in [4.69, 9.17) is 15.2 Å². The molecule has 3 aliphatic rings. The molecule has 0 saturated carbocycles. The summed E-state index contributed by atoms with van der Waals surface area (Å²) < 4.78 is 38.9. The summed E-state index contributed by atoms with van der Waals surface area (Å²) in [5, 5.41) is 0. The molecule has 1 unspecified atom stereocenters. The third-order valence-corrected chi connectivity index (χ3v) is 7.26. The number of likely N-dealkylation sites (N-methyl/N-ethyl adjacent to an activating group) is 1. The third kappa shape index (κ3) is 2.99. The van der Waals surface area contributed by atoms with Crippen molar-refractivity contribution < 1.29 is 17.9 Å². The molecule has 4 rings (SSSR count). The van der Waals surface area contributed by atoms with Crippen molar-refractivity contribution in [2.75, 3.05) is 44.8 Å². The summed E-state index contributed by atoms with van der Waals surface area (Å²) >= 11 is 0. The van der Waals surface area contributed by atoms with Gasteiger partial charge in [0.1, 0.15) is 17.2 Å². The molecule has 1 atom stereocenters. The molecule has 0 bridgehead atoms. The lowest BCUT2D eigenvalue weighted by Gasteiger charge is -2.38. The Morgan fingerprint density at radius 2 is 2.08 bits per heavy atom. The molecular formula is C16H24N4O4S. The van der Waals surface area contributed by atoms with Gasteiger partial charge in [-0.05, 0) is 25.3 Å². The highest BCUT2D eigenvalue weighted by Gasteiger charge is 2.44. The SMILES string of the molecule is CN1CCOc2ncc(S(=O)(=O)N3CCC4(CC3)CC(N)CO4)cc21. The number of piperidine rings is 1. The molecule has 9 heteroatoms. The van der Waals surface area contributed by atoms with Crippen molar-refractivity contribution in [3.05, 3.63) is 12.3 Å². The Morgan fingerprint density at radius 3 is 2.76 bits per heavy atom. The van der Waals surface area contributed by atoms with E-state index in [1.807, 2.05) is 11.9 Å². The molecule has 1 aromatic heterocycles. The van der Waals surface area contributed by atoms with Gasteiger partial charge in [0.2, 0.25) is 15.9 Å². The number of fused-ring (bicyclic) bond motifs is 1. The van der Waals surface area contributed by atoms with E-state index in [0.717, 1.165) is 6.42 Å². The van der Waals surface area contributed by atoms with Crippen molar-refractivity contribution >= 4 is 15.7 Å². The Bertz CT molecular complexity index is 761. The second kappa shape index (κ2) is 6.08. The van der Waals surface area contributed by atoms with Gasteiger partial charge in [-0.25, -0.2) is 13.4 Å². The lowest BCUT2D eigenvalue weighted by Crippen LogP contribution is -2.46. The van der Waals surface area contributed by atoms with Crippen LogP contribution in [0, 0.1) is 0 Å². The molecule has 2 saturated heterocycles. The first kappa shape index (κ1) is 17.0. The van der Waals surface area contributed by atoms with E-state index >= 15 is 0 Å². The van der Waals surface area contributed by atoms with Crippen molar-refractivity contribution in [3.63, 3.8) is 0 Å². The normalized spacial score (nSPS) is 26.5. The largest absolute Gasteiger partial charge is 0.474 e. The average Bonchev–Trinajstić information content (AvgIpc) is 2.95. The van der Waals surface area contributed by atoms with Crippen LogP contribution < -0.4 is 15.4 Å². The van der Waals surface area contributed by atoms with Crippen LogP contribution in [-0.4, -0.2) is 69.2 Å². The van der Waals surface area contributed by atoms with Gasteiger partial charge in [0, 0.05) is 26.2 Å². The van der Waals surface area contributed by atoms with Crippen molar-refractivity contribution in [1.29, 1.82) is 0 Å². The minimum absolute atomic E-state index is 0.0588. The Morgan fingerprint density at radius 1 is 1.32 bits per heavy atom. The second-order valence-corrected chi connectivity index (χ2v) is 9.07. The Balaban J connectivity index is 1.54. The van der Waals surface area contributed by atoms with Gasteiger partial charge in [-0.15, -0.1) is 0 Å². The van der Waals surface area contributed by atoms with Gasteiger partial charge in [-0.3, -0.25) is 0 Å². The minimum Gasteiger partial charge on any atom is -0.474 e. The van der Waals surface area contributed by atoms with E-state index in [-0.39, 0.29) is 16.5 Å². The maximum atomic E-state index is 13.0. The number of rotatable bonds is 2. The van der Waals surface area contributed by atoms with Crippen LogP contribution in [0.4, 0.5) is 5.69 Å². The van der Waals surface area contributed by atoms with Crippen LogP contribution in [0.25, 0.3) is 0 Å². The molecule has 0 amide bonds. The predicted octanol–water partition coefficient (Wildman–Crippen LogP) is 0.181. The molecule has 1 aromatic rings. The maximum absolute atomic E-state index is 13.0. The number of aromatic nitrogens is 1. The highest BCUT2D eigenvalue weighted by molar-refractivity contribution is 7.89. The van der Waals surface area contributed by atoms with Crippen molar-refractivity contribution in [1.82, 2.24) is 9.29 Å². The molecule has 3 aliphatic heterocycles. The molecule has 138 valence electrons. The van der Waals surface area contributed by atoms with E-state index < -0.39 is 10.0 Å². The zero-order valence-corrected chi connectivity index (χ0v) is 15.2. The predicted molar refractivity (Wildman–Crippen MR) is 92.3 cm³/mol. The average molecular weight is 368 g/mol. The van der Waals surface area contributed by atoms with E-state index in [2.05, 4.69) is 4.98 Å². The highest BCUT2D eigenvalue weighted by Crippen LogP contribution is 2.37. The monoisotopic (exact) mass is 368 g/mol. The first-order chi connectivity index (χ1) is 11.9. The molecule has 2 N–H and O–H groups in total. The van der Waals surface area contributed by atoms with E-state index in [1.165, 1.54) is 10.5 Å². The fraction of sp³-hybridized carbons (Fsp3) is 0.688. The van der Waals surface area contributed by atoms with Crippen LogP contribution in [0.3, 0.4) is 0 Å². The summed E-state index contributed by atoms with van der Waals surface area (Å²) in [5.41, 5.74) is 6.42. The zero-order valence-electron chi connectivity index (χ0n) is 14.3. The smallest absolute Gasteiger partial charge is 0.244 e. The molecule has 8 nitrogen and oxygen atoms in total. The molecule has 0 aliphatic carbocycles. The standard InChI is InChI=1S/C16H24N4O4S/c1-19-6-7-23-15-14(19)8-13(10-18-15)25(21,22)20-4-2-16(3-5-20)9-12(17)11-24-16/h8,10,12H,2-7,9,11,17H2,1H3. The number of sulfonamides is 1. The van der Waals surface area contributed by atoms with E-state index in [1.54, 1.807) is 6.07 Å². The van der Waals surface area contributed by atoms with Crippen LogP contribution in [0.15, 0.2) is 17.2 Å². The summed E-state index contributed by atoms with van der Waals surface area (Å²) in [4.78, 5) is 6.37. The van der Waals surface area contributed by atoms with Gasteiger partial charge >= 0.3 is 0 Å². The maximum Gasteiger partial charge on any atom is 0.244 e. The molecule has 25 heavy (non-hydrogen) atoms. The van der Waals surface area contributed by atoms with Gasteiger partial charge in [-0.1, -0.05) is 0 Å². The Labute approximate surface area is 147 Å². The fourth-order valence-electron chi connectivity index (χ4n) is 3.86. The summed E-state index contributed by atoms with van der Waals surface area (Å²) in [6.45, 7) is 2.71. The molecular weight excluding hydrogens is 344 g/mol. The fourth-order valence-corrected chi connectivity index (χ4v) is 5.27. The summed E-state index contributed by atoms with van der Waals surface area (Å²) in [5.74, 6) is 0.485. The number of hydrogen-bond donors (Lipinski definition) is 1. The number of nitrogens with two attached hydrogens (primary N) is 1. The molecule has 0 radical (unpaired) electrons. The van der Waals surface area contributed by atoms with E-state index in [0.29, 0.717) is 57.3 Å². The van der Waals surface area contributed by atoms with Gasteiger partial charge in [0.25, 0.3) is 0 Å². The number of anilines is 1. The lowest BCUT2D eigenvalue weighted by molar-refractivity contribution is -0.0310. The topological polar surface area (TPSA) is 98.0 Å². The van der Waals surface area contributed by atoms with Crippen LogP contribution in [0.1, 0.15) is 19.3 Å². The van der Waals surface area contributed by atoms with Crippen LogP contribution in [0.5, 0.6) is 5.88 Å². The molecule has 4 heterocycles. The van der Waals surface area contributed by atoms with Crippen molar-refractivity contribution in [3.8, 4) is 5.88 Å². The first-order valence-corrected chi connectivity index (χ1v) is 10.1. The minimum atomic E-state index is -3.58. The summed E-state index contributed by atoms with van der Waals surface area (Å²) in [6, 6.07) is 1.71. The quantitative estimate of drug-likeness (QED) is 0.795. The third-order valence-electron chi connectivity index (χ3n) is 5.39. The van der Waals surface area contributed by atoms with Crippen LogP contribution >= 0.6 is 0 Å².